The Balaban J connectivity index is 1.90. The van der Waals surface area contributed by atoms with E-state index in [0.717, 1.165) is 0 Å². The first-order chi connectivity index (χ1) is 13.7. The Morgan fingerprint density at radius 1 is 1.24 bits per heavy atom. The summed E-state index contributed by atoms with van der Waals surface area (Å²) in [5, 5.41) is 14.4. The van der Waals surface area contributed by atoms with Crippen molar-refractivity contribution in [2.45, 2.75) is 20.0 Å². The van der Waals surface area contributed by atoms with Crippen LogP contribution in [-0.4, -0.2) is 29.4 Å². The minimum atomic E-state index is -0.804. The number of nitro benzene ring substituents is 1. The third kappa shape index (κ3) is 4.44. The van der Waals surface area contributed by atoms with Crippen LogP contribution in [0.15, 0.2) is 36.4 Å². The molecule has 2 amide bonds. The molecule has 0 bridgehead atoms. The summed E-state index contributed by atoms with van der Waals surface area (Å²) < 4.78 is 5.72. The summed E-state index contributed by atoms with van der Waals surface area (Å²) in [7, 11) is 0. The van der Waals surface area contributed by atoms with Gasteiger partial charge in [-0.1, -0.05) is 37.0 Å². The quantitative estimate of drug-likeness (QED) is 0.554. The van der Waals surface area contributed by atoms with E-state index in [2.05, 4.69) is 5.32 Å². The number of benzene rings is 2. The monoisotopic (exact) mass is 437 g/mol. The van der Waals surface area contributed by atoms with Gasteiger partial charge in [0.05, 0.1) is 20.7 Å². The molecule has 0 saturated heterocycles. The van der Waals surface area contributed by atoms with Crippen LogP contribution in [0.3, 0.4) is 0 Å². The standard InChI is InChI=1S/C19H17Cl2N3O5/c1-10(2)18-19(26)23(15-8-12(24(27)28)4-6-16(15)29-18)9-17(25)22-11-3-5-13(20)14(21)7-11/h3-8,10,18H,9H2,1-2H3,(H,22,25). The van der Waals surface area contributed by atoms with Gasteiger partial charge in [0.15, 0.2) is 6.10 Å². The Hall–Kier alpha value is -2.84. The molecule has 152 valence electrons. The third-order valence-corrected chi connectivity index (χ3v) is 5.06. The van der Waals surface area contributed by atoms with Gasteiger partial charge in [-0.05, 0) is 30.2 Å². The van der Waals surface area contributed by atoms with Gasteiger partial charge in [-0.25, -0.2) is 0 Å². The molecule has 8 nitrogen and oxygen atoms in total. The second-order valence-corrected chi connectivity index (χ2v) is 7.61. The molecule has 0 saturated carbocycles. The van der Waals surface area contributed by atoms with Crippen molar-refractivity contribution in [3.05, 3.63) is 56.6 Å². The van der Waals surface area contributed by atoms with E-state index < -0.39 is 22.8 Å². The molecule has 1 unspecified atom stereocenters. The zero-order valence-corrected chi connectivity index (χ0v) is 17.0. The fourth-order valence-electron chi connectivity index (χ4n) is 2.89. The number of nitro groups is 1. The lowest BCUT2D eigenvalue weighted by Gasteiger charge is -2.35. The molecule has 1 atom stereocenters. The lowest BCUT2D eigenvalue weighted by Crippen LogP contribution is -2.50. The zero-order chi connectivity index (χ0) is 21.3. The highest BCUT2D eigenvalue weighted by atomic mass is 35.5. The Bertz CT molecular complexity index is 996. The van der Waals surface area contributed by atoms with Crippen molar-refractivity contribution in [2.75, 3.05) is 16.8 Å². The second kappa shape index (κ2) is 8.26. The van der Waals surface area contributed by atoms with Crippen molar-refractivity contribution in [3.63, 3.8) is 0 Å². The summed E-state index contributed by atoms with van der Waals surface area (Å²) in [6, 6.07) is 8.53. The van der Waals surface area contributed by atoms with E-state index in [1.54, 1.807) is 6.07 Å². The fraction of sp³-hybridized carbons (Fsp3) is 0.263. The number of carbonyl (C=O) groups excluding carboxylic acids is 2. The number of ether oxygens (including phenoxy) is 1. The summed E-state index contributed by atoms with van der Waals surface area (Å²) in [6.45, 7) is 3.28. The number of carbonyl (C=O) groups is 2. The predicted molar refractivity (Wildman–Crippen MR) is 110 cm³/mol. The number of amides is 2. The summed E-state index contributed by atoms with van der Waals surface area (Å²) >= 11 is 11.8. The van der Waals surface area contributed by atoms with Crippen LogP contribution in [0.5, 0.6) is 5.75 Å². The summed E-state index contributed by atoms with van der Waals surface area (Å²) in [5.41, 5.74) is 0.369. The van der Waals surface area contributed by atoms with Gasteiger partial charge in [0, 0.05) is 17.8 Å². The molecule has 1 heterocycles. The number of halogens is 2. The molecule has 2 aromatic rings. The Morgan fingerprint density at radius 3 is 2.59 bits per heavy atom. The highest BCUT2D eigenvalue weighted by molar-refractivity contribution is 6.42. The van der Waals surface area contributed by atoms with E-state index in [4.69, 9.17) is 27.9 Å². The number of hydrogen-bond acceptors (Lipinski definition) is 5. The molecular formula is C19H17Cl2N3O5. The largest absolute Gasteiger partial charge is 0.478 e. The van der Waals surface area contributed by atoms with Crippen LogP contribution in [0.25, 0.3) is 0 Å². The van der Waals surface area contributed by atoms with Gasteiger partial charge in [-0.15, -0.1) is 0 Å². The van der Waals surface area contributed by atoms with Crippen LogP contribution in [0.4, 0.5) is 17.1 Å². The summed E-state index contributed by atoms with van der Waals surface area (Å²) in [6.07, 6.45) is -0.804. The first kappa shape index (κ1) is 20.9. The average molecular weight is 438 g/mol. The van der Waals surface area contributed by atoms with Crippen molar-refractivity contribution in [1.82, 2.24) is 0 Å². The van der Waals surface area contributed by atoms with Gasteiger partial charge in [-0.3, -0.25) is 24.6 Å². The molecule has 0 aromatic heterocycles. The third-order valence-electron chi connectivity index (χ3n) is 4.32. The maximum atomic E-state index is 12.9. The maximum Gasteiger partial charge on any atom is 0.271 e. The van der Waals surface area contributed by atoms with Crippen LogP contribution in [-0.2, 0) is 9.59 Å². The van der Waals surface area contributed by atoms with Gasteiger partial charge >= 0.3 is 0 Å². The van der Waals surface area contributed by atoms with Crippen molar-refractivity contribution in [3.8, 4) is 5.75 Å². The number of rotatable bonds is 5. The topological polar surface area (TPSA) is 102 Å². The van der Waals surface area contributed by atoms with E-state index in [1.165, 1.54) is 35.2 Å². The smallest absolute Gasteiger partial charge is 0.271 e. The van der Waals surface area contributed by atoms with Gasteiger partial charge in [0.25, 0.3) is 11.6 Å². The molecule has 1 aliphatic rings. The van der Waals surface area contributed by atoms with Gasteiger partial charge in [0.2, 0.25) is 5.91 Å². The molecule has 0 spiro atoms. The number of non-ortho nitro benzene ring substituents is 1. The van der Waals surface area contributed by atoms with Crippen LogP contribution >= 0.6 is 23.2 Å². The Morgan fingerprint density at radius 2 is 1.97 bits per heavy atom. The van der Waals surface area contributed by atoms with Gasteiger partial charge in [-0.2, -0.15) is 0 Å². The Kier molecular flexibility index (Phi) is 5.95. The highest BCUT2D eigenvalue weighted by Crippen LogP contribution is 2.38. The molecule has 1 aliphatic heterocycles. The molecule has 3 rings (SSSR count). The lowest BCUT2D eigenvalue weighted by molar-refractivity contribution is -0.384. The zero-order valence-electron chi connectivity index (χ0n) is 15.5. The first-order valence-corrected chi connectivity index (χ1v) is 9.44. The number of fused-ring (bicyclic) bond motifs is 1. The van der Waals surface area contributed by atoms with Crippen LogP contribution < -0.4 is 15.0 Å². The molecule has 10 heteroatoms. The molecule has 0 fully saturated rings. The lowest BCUT2D eigenvalue weighted by atomic mass is 10.0. The first-order valence-electron chi connectivity index (χ1n) is 8.68. The minimum absolute atomic E-state index is 0.161. The minimum Gasteiger partial charge on any atom is -0.478 e. The maximum absolute atomic E-state index is 12.9. The van der Waals surface area contributed by atoms with E-state index in [0.29, 0.717) is 16.5 Å². The van der Waals surface area contributed by atoms with Gasteiger partial charge < -0.3 is 10.1 Å². The molecular weight excluding hydrogens is 421 g/mol. The SMILES string of the molecule is CC(C)C1Oc2ccc([N+](=O)[O-])cc2N(CC(=O)Nc2ccc(Cl)c(Cl)c2)C1=O. The molecule has 2 aromatic carbocycles. The highest BCUT2D eigenvalue weighted by Gasteiger charge is 2.38. The van der Waals surface area contributed by atoms with Crippen LogP contribution in [0, 0.1) is 16.0 Å². The van der Waals surface area contributed by atoms with Gasteiger partial charge in [0.1, 0.15) is 12.3 Å². The van der Waals surface area contributed by atoms with Crippen molar-refractivity contribution >= 4 is 52.1 Å². The number of hydrogen-bond donors (Lipinski definition) is 1. The molecule has 0 radical (unpaired) electrons. The van der Waals surface area contributed by atoms with E-state index in [1.807, 2.05) is 13.8 Å². The van der Waals surface area contributed by atoms with Crippen LogP contribution in [0.2, 0.25) is 10.0 Å². The molecule has 1 N–H and O–H groups in total. The summed E-state index contributed by atoms with van der Waals surface area (Å²) in [5.74, 6) is -0.807. The van der Waals surface area contributed by atoms with E-state index in [-0.39, 0.29) is 28.9 Å². The van der Waals surface area contributed by atoms with Crippen molar-refractivity contribution in [2.24, 2.45) is 5.92 Å². The van der Waals surface area contributed by atoms with E-state index in [9.17, 15) is 19.7 Å². The normalized spacial score (nSPS) is 15.7. The average Bonchev–Trinajstić information content (AvgIpc) is 2.66. The van der Waals surface area contributed by atoms with Crippen LogP contribution in [0.1, 0.15) is 13.8 Å². The number of nitrogens with zero attached hydrogens (tertiary/aromatic N) is 2. The summed E-state index contributed by atoms with van der Waals surface area (Å²) in [4.78, 5) is 37.2. The van der Waals surface area contributed by atoms with E-state index >= 15 is 0 Å². The predicted octanol–water partition coefficient (Wildman–Crippen LogP) is 4.29. The Labute approximate surface area is 176 Å². The second-order valence-electron chi connectivity index (χ2n) is 6.79. The molecule has 0 aliphatic carbocycles. The number of anilines is 2. The fourth-order valence-corrected chi connectivity index (χ4v) is 3.19. The molecule has 29 heavy (non-hydrogen) atoms. The van der Waals surface area contributed by atoms with Crippen molar-refractivity contribution in [1.29, 1.82) is 0 Å². The number of nitrogens with one attached hydrogen (secondary N) is 1. The van der Waals surface area contributed by atoms with Crippen molar-refractivity contribution < 1.29 is 19.2 Å².